The van der Waals surface area contributed by atoms with Crippen LogP contribution in [0.3, 0.4) is 0 Å². The van der Waals surface area contributed by atoms with E-state index in [0.29, 0.717) is 17.9 Å². The smallest absolute Gasteiger partial charge is 0.264 e. The monoisotopic (exact) mass is 537 g/mol. The molecule has 0 unspecified atom stereocenters. The van der Waals surface area contributed by atoms with Crippen molar-refractivity contribution in [2.24, 2.45) is 0 Å². The van der Waals surface area contributed by atoms with Crippen LogP contribution in [-0.2, 0) is 26.2 Å². The largest absolute Gasteiger partial charge is 0.497 e. The van der Waals surface area contributed by atoms with Gasteiger partial charge in [-0.25, -0.2) is 8.42 Å². The third-order valence-corrected chi connectivity index (χ3v) is 7.77. The van der Waals surface area contributed by atoms with E-state index in [1.807, 2.05) is 51.1 Å². The van der Waals surface area contributed by atoms with Gasteiger partial charge in [-0.3, -0.25) is 13.9 Å². The minimum atomic E-state index is -4.10. The van der Waals surface area contributed by atoms with E-state index in [1.165, 1.54) is 24.1 Å². The Morgan fingerprint density at radius 2 is 1.47 bits per heavy atom. The Hall–Kier alpha value is -3.85. The minimum Gasteiger partial charge on any atom is -0.497 e. The summed E-state index contributed by atoms with van der Waals surface area (Å²) in [6.45, 7) is 5.21. The highest BCUT2D eigenvalue weighted by atomic mass is 32.2. The number of rotatable bonds is 12. The average molecular weight is 538 g/mol. The zero-order valence-corrected chi connectivity index (χ0v) is 23.0. The molecule has 1 atom stereocenters. The molecule has 0 aliphatic rings. The number of hydrogen-bond acceptors (Lipinski definition) is 5. The maximum absolute atomic E-state index is 13.9. The predicted octanol–water partition coefficient (Wildman–Crippen LogP) is 4.22. The van der Waals surface area contributed by atoms with Crippen LogP contribution in [0.5, 0.6) is 5.75 Å². The van der Waals surface area contributed by atoms with Gasteiger partial charge in [-0.15, -0.1) is 0 Å². The molecule has 8 nitrogen and oxygen atoms in total. The van der Waals surface area contributed by atoms with E-state index >= 15 is 0 Å². The number of sulfonamides is 1. The van der Waals surface area contributed by atoms with Crippen molar-refractivity contribution < 1.29 is 22.7 Å². The van der Waals surface area contributed by atoms with Gasteiger partial charge in [0.05, 0.1) is 17.7 Å². The first-order valence-electron chi connectivity index (χ1n) is 12.5. The Balaban J connectivity index is 2.04. The highest BCUT2D eigenvalue weighted by Crippen LogP contribution is 2.26. The first-order chi connectivity index (χ1) is 18.2. The Labute approximate surface area is 225 Å². The van der Waals surface area contributed by atoms with Gasteiger partial charge in [0.1, 0.15) is 18.3 Å². The molecule has 9 heteroatoms. The third-order valence-electron chi connectivity index (χ3n) is 5.98. The van der Waals surface area contributed by atoms with Crippen LogP contribution in [0.1, 0.15) is 32.8 Å². The van der Waals surface area contributed by atoms with Crippen molar-refractivity contribution in [1.82, 2.24) is 10.2 Å². The predicted molar refractivity (Wildman–Crippen MR) is 148 cm³/mol. The summed E-state index contributed by atoms with van der Waals surface area (Å²) in [6, 6.07) is 22.9. The fourth-order valence-electron chi connectivity index (χ4n) is 4.08. The fourth-order valence-corrected chi connectivity index (χ4v) is 5.51. The maximum Gasteiger partial charge on any atom is 0.264 e. The second-order valence-corrected chi connectivity index (χ2v) is 11.0. The summed E-state index contributed by atoms with van der Waals surface area (Å²) in [5, 5.41) is 2.89. The molecular formula is C29H35N3O5S. The van der Waals surface area contributed by atoms with Crippen molar-refractivity contribution in [2.45, 2.75) is 50.7 Å². The van der Waals surface area contributed by atoms with E-state index < -0.39 is 28.5 Å². The lowest BCUT2D eigenvalue weighted by atomic mass is 10.1. The molecule has 0 saturated carbocycles. The summed E-state index contributed by atoms with van der Waals surface area (Å²) < 4.78 is 33.8. The van der Waals surface area contributed by atoms with Gasteiger partial charge in [-0.2, -0.15) is 0 Å². The Kier molecular flexibility index (Phi) is 9.90. The first kappa shape index (κ1) is 28.7. The van der Waals surface area contributed by atoms with Crippen molar-refractivity contribution in [2.75, 3.05) is 18.0 Å². The topological polar surface area (TPSA) is 96.0 Å². The number of ether oxygens (including phenoxy) is 1. The minimum absolute atomic E-state index is 0.0582. The van der Waals surface area contributed by atoms with Crippen LogP contribution < -0.4 is 14.4 Å². The average Bonchev–Trinajstić information content (AvgIpc) is 2.92. The summed E-state index contributed by atoms with van der Waals surface area (Å²) in [5.74, 6) is -0.220. The number of carbonyl (C=O) groups is 2. The summed E-state index contributed by atoms with van der Waals surface area (Å²) in [5.41, 5.74) is 1.14. The highest BCUT2D eigenvalue weighted by Gasteiger charge is 2.33. The molecule has 3 aromatic carbocycles. The molecule has 0 fully saturated rings. The SMILES string of the molecule is CC[C@@H](C(=O)NC(C)C)N(Cc1ccccc1)C(=O)CN(c1ccc(OC)cc1)S(=O)(=O)c1ccccc1. The van der Waals surface area contributed by atoms with Gasteiger partial charge in [0, 0.05) is 12.6 Å². The highest BCUT2D eigenvalue weighted by molar-refractivity contribution is 7.92. The summed E-state index contributed by atoms with van der Waals surface area (Å²) >= 11 is 0. The third kappa shape index (κ3) is 7.13. The van der Waals surface area contributed by atoms with Crippen molar-refractivity contribution >= 4 is 27.5 Å². The zero-order valence-electron chi connectivity index (χ0n) is 22.2. The normalized spacial score (nSPS) is 12.0. The van der Waals surface area contributed by atoms with Crippen LogP contribution in [0.4, 0.5) is 5.69 Å². The van der Waals surface area contributed by atoms with E-state index in [0.717, 1.165) is 9.87 Å². The molecular weight excluding hydrogens is 502 g/mol. The lowest BCUT2D eigenvalue weighted by molar-refractivity contribution is -0.140. The Bertz CT molecular complexity index is 1300. The van der Waals surface area contributed by atoms with Crippen LogP contribution in [0, 0.1) is 0 Å². The van der Waals surface area contributed by atoms with Crippen LogP contribution in [0.25, 0.3) is 0 Å². The van der Waals surface area contributed by atoms with Gasteiger partial charge >= 0.3 is 0 Å². The van der Waals surface area contributed by atoms with E-state index in [9.17, 15) is 18.0 Å². The van der Waals surface area contributed by atoms with Crippen LogP contribution >= 0.6 is 0 Å². The van der Waals surface area contributed by atoms with E-state index in [1.54, 1.807) is 42.5 Å². The lowest BCUT2D eigenvalue weighted by Gasteiger charge is -2.33. The van der Waals surface area contributed by atoms with Crippen molar-refractivity contribution in [1.29, 1.82) is 0 Å². The van der Waals surface area contributed by atoms with Gasteiger partial charge in [-0.05, 0) is 62.2 Å². The molecule has 2 amide bonds. The van der Waals surface area contributed by atoms with Gasteiger partial charge < -0.3 is 15.0 Å². The number of amides is 2. The van der Waals surface area contributed by atoms with Crippen molar-refractivity contribution in [3.63, 3.8) is 0 Å². The number of hydrogen-bond donors (Lipinski definition) is 1. The Morgan fingerprint density at radius 1 is 0.895 bits per heavy atom. The van der Waals surface area contributed by atoms with E-state index in [4.69, 9.17) is 4.74 Å². The van der Waals surface area contributed by atoms with Crippen LogP contribution in [-0.4, -0.2) is 50.9 Å². The number of methoxy groups -OCH3 is 1. The standard InChI is InChI=1S/C29H35N3O5S/c1-5-27(29(34)30-22(2)3)31(20-23-12-8-6-9-13-23)28(33)21-32(24-16-18-25(37-4)19-17-24)38(35,36)26-14-10-7-11-15-26/h6-19,22,27H,5,20-21H2,1-4H3,(H,30,34)/t27-/m0/s1. The number of anilines is 1. The number of nitrogens with one attached hydrogen (secondary N) is 1. The number of benzene rings is 3. The molecule has 0 spiro atoms. The number of carbonyl (C=O) groups excluding carboxylic acids is 2. The fraction of sp³-hybridized carbons (Fsp3) is 0.310. The van der Waals surface area contributed by atoms with Crippen LogP contribution in [0.15, 0.2) is 89.8 Å². The van der Waals surface area contributed by atoms with Gasteiger partial charge in [0.2, 0.25) is 11.8 Å². The molecule has 3 aromatic rings. The molecule has 0 heterocycles. The molecule has 1 N–H and O–H groups in total. The molecule has 0 aromatic heterocycles. The molecule has 0 aliphatic heterocycles. The molecule has 0 aliphatic carbocycles. The molecule has 3 rings (SSSR count). The quantitative estimate of drug-likeness (QED) is 0.373. The first-order valence-corrected chi connectivity index (χ1v) is 14.0. The molecule has 0 saturated heterocycles. The zero-order chi connectivity index (χ0) is 27.7. The summed E-state index contributed by atoms with van der Waals surface area (Å²) in [7, 11) is -2.58. The van der Waals surface area contributed by atoms with E-state index in [2.05, 4.69) is 5.32 Å². The second kappa shape index (κ2) is 13.1. The van der Waals surface area contributed by atoms with Crippen molar-refractivity contribution in [3.8, 4) is 5.75 Å². The summed E-state index contributed by atoms with van der Waals surface area (Å²) in [6.07, 6.45) is 0.366. The van der Waals surface area contributed by atoms with Gasteiger partial charge in [0.25, 0.3) is 10.0 Å². The second-order valence-electron chi connectivity index (χ2n) is 9.12. The van der Waals surface area contributed by atoms with Gasteiger partial charge in [0.15, 0.2) is 0 Å². The summed E-state index contributed by atoms with van der Waals surface area (Å²) in [4.78, 5) is 28.6. The van der Waals surface area contributed by atoms with E-state index in [-0.39, 0.29) is 23.4 Å². The molecule has 0 radical (unpaired) electrons. The lowest BCUT2D eigenvalue weighted by Crippen LogP contribution is -2.53. The molecule has 0 bridgehead atoms. The molecule has 202 valence electrons. The molecule has 38 heavy (non-hydrogen) atoms. The maximum atomic E-state index is 13.9. The Morgan fingerprint density at radius 3 is 2.00 bits per heavy atom. The van der Waals surface area contributed by atoms with Crippen molar-refractivity contribution in [3.05, 3.63) is 90.5 Å². The van der Waals surface area contributed by atoms with Gasteiger partial charge in [-0.1, -0.05) is 55.5 Å². The number of nitrogens with zero attached hydrogens (tertiary/aromatic N) is 2. The van der Waals surface area contributed by atoms with Crippen LogP contribution in [0.2, 0.25) is 0 Å².